The summed E-state index contributed by atoms with van der Waals surface area (Å²) in [7, 11) is 0. The van der Waals surface area contributed by atoms with Crippen molar-refractivity contribution in [3.63, 3.8) is 0 Å². The topological polar surface area (TPSA) is 15.3 Å². The molecule has 1 aliphatic heterocycles. The van der Waals surface area contributed by atoms with Crippen molar-refractivity contribution in [2.24, 2.45) is 5.92 Å². The summed E-state index contributed by atoms with van der Waals surface area (Å²) in [5, 5.41) is 3.79. The van der Waals surface area contributed by atoms with Gasteiger partial charge in [-0.05, 0) is 37.7 Å². The van der Waals surface area contributed by atoms with Crippen molar-refractivity contribution in [2.45, 2.75) is 65.1 Å². The van der Waals surface area contributed by atoms with Crippen LogP contribution in [0.4, 0.5) is 0 Å². The van der Waals surface area contributed by atoms with Crippen molar-refractivity contribution in [3.05, 3.63) is 35.9 Å². The molecule has 0 radical (unpaired) electrons. The minimum absolute atomic E-state index is 0.643. The molecule has 3 atom stereocenters. The Labute approximate surface area is 130 Å². The van der Waals surface area contributed by atoms with Crippen molar-refractivity contribution in [1.82, 2.24) is 10.2 Å². The maximum Gasteiger partial charge on any atom is 0.0208 e. The van der Waals surface area contributed by atoms with Gasteiger partial charge in [0.2, 0.25) is 0 Å². The highest BCUT2D eigenvalue weighted by atomic mass is 15.2. The van der Waals surface area contributed by atoms with E-state index in [0.717, 1.165) is 12.5 Å². The average molecular weight is 288 g/mol. The lowest BCUT2D eigenvalue weighted by Crippen LogP contribution is -2.51. The Kier molecular flexibility index (Phi) is 6.72. The summed E-state index contributed by atoms with van der Waals surface area (Å²) in [6.45, 7) is 10.5. The third-order valence-electron chi connectivity index (χ3n) is 4.91. The van der Waals surface area contributed by atoms with Gasteiger partial charge in [0.05, 0.1) is 0 Å². The first-order valence-corrected chi connectivity index (χ1v) is 8.74. The normalized spacial score (nSPS) is 24.9. The number of piperidine rings is 1. The molecule has 0 amide bonds. The number of rotatable bonds is 7. The third kappa shape index (κ3) is 5.12. The molecule has 118 valence electrons. The van der Waals surface area contributed by atoms with Crippen LogP contribution in [-0.2, 0) is 6.54 Å². The fourth-order valence-electron chi connectivity index (χ4n) is 3.48. The highest BCUT2D eigenvalue weighted by Crippen LogP contribution is 2.24. The molecule has 0 aromatic heterocycles. The molecule has 1 saturated heterocycles. The van der Waals surface area contributed by atoms with Crippen molar-refractivity contribution >= 4 is 0 Å². The van der Waals surface area contributed by atoms with E-state index in [1.807, 2.05) is 0 Å². The Bertz CT molecular complexity index is 390. The van der Waals surface area contributed by atoms with E-state index in [2.05, 4.69) is 61.3 Å². The molecule has 1 aromatic carbocycles. The molecular formula is C19H32N2. The van der Waals surface area contributed by atoms with Gasteiger partial charge in [-0.25, -0.2) is 0 Å². The first-order valence-electron chi connectivity index (χ1n) is 8.74. The summed E-state index contributed by atoms with van der Waals surface area (Å²) in [5.41, 5.74) is 1.39. The van der Waals surface area contributed by atoms with Crippen molar-refractivity contribution in [2.75, 3.05) is 13.1 Å². The minimum atomic E-state index is 0.643. The van der Waals surface area contributed by atoms with Crippen molar-refractivity contribution in [3.8, 4) is 0 Å². The van der Waals surface area contributed by atoms with E-state index in [0.29, 0.717) is 12.1 Å². The lowest BCUT2D eigenvalue weighted by Gasteiger charge is -2.41. The average Bonchev–Trinajstić information content (AvgIpc) is 2.53. The van der Waals surface area contributed by atoms with E-state index in [4.69, 9.17) is 0 Å². The summed E-state index contributed by atoms with van der Waals surface area (Å²) in [6, 6.07) is 12.1. The SMILES string of the molecule is CCCC1CC(NCc2ccccc2)CN(C(C)CC)C1. The Morgan fingerprint density at radius 3 is 2.62 bits per heavy atom. The number of nitrogens with zero attached hydrogens (tertiary/aromatic N) is 1. The van der Waals surface area contributed by atoms with Gasteiger partial charge in [0.15, 0.2) is 0 Å². The molecule has 2 rings (SSSR count). The van der Waals surface area contributed by atoms with Crippen LogP contribution in [0, 0.1) is 5.92 Å². The molecule has 0 bridgehead atoms. The summed E-state index contributed by atoms with van der Waals surface area (Å²) in [6.07, 6.45) is 5.28. The quantitative estimate of drug-likeness (QED) is 0.814. The lowest BCUT2D eigenvalue weighted by atomic mass is 9.89. The molecule has 1 N–H and O–H groups in total. The number of hydrogen-bond acceptors (Lipinski definition) is 2. The molecule has 21 heavy (non-hydrogen) atoms. The Hall–Kier alpha value is -0.860. The van der Waals surface area contributed by atoms with Crippen LogP contribution in [0.3, 0.4) is 0 Å². The van der Waals surface area contributed by atoms with Gasteiger partial charge in [0.25, 0.3) is 0 Å². The molecule has 1 aromatic rings. The summed E-state index contributed by atoms with van der Waals surface area (Å²) >= 11 is 0. The van der Waals surface area contributed by atoms with Crippen molar-refractivity contribution in [1.29, 1.82) is 0 Å². The monoisotopic (exact) mass is 288 g/mol. The molecule has 3 unspecified atom stereocenters. The van der Waals surface area contributed by atoms with Gasteiger partial charge in [-0.3, -0.25) is 4.90 Å². The minimum Gasteiger partial charge on any atom is -0.309 e. The van der Waals surface area contributed by atoms with Crippen LogP contribution in [0.5, 0.6) is 0 Å². The molecule has 1 fully saturated rings. The second kappa shape index (κ2) is 8.55. The maximum atomic E-state index is 3.79. The first kappa shape index (κ1) is 16.5. The van der Waals surface area contributed by atoms with Gasteiger partial charge in [-0.15, -0.1) is 0 Å². The third-order valence-corrected chi connectivity index (χ3v) is 4.91. The summed E-state index contributed by atoms with van der Waals surface area (Å²) < 4.78 is 0. The van der Waals surface area contributed by atoms with Crippen LogP contribution in [0.25, 0.3) is 0 Å². The largest absolute Gasteiger partial charge is 0.309 e. The van der Waals surface area contributed by atoms with Gasteiger partial charge in [0, 0.05) is 31.7 Å². The highest BCUT2D eigenvalue weighted by Gasteiger charge is 2.28. The van der Waals surface area contributed by atoms with Crippen molar-refractivity contribution < 1.29 is 0 Å². The van der Waals surface area contributed by atoms with E-state index in [9.17, 15) is 0 Å². The zero-order valence-corrected chi connectivity index (χ0v) is 14.0. The van der Waals surface area contributed by atoms with Crippen LogP contribution in [0.2, 0.25) is 0 Å². The van der Waals surface area contributed by atoms with Crippen LogP contribution in [0.15, 0.2) is 30.3 Å². The summed E-state index contributed by atoms with van der Waals surface area (Å²) in [5.74, 6) is 0.867. The Morgan fingerprint density at radius 2 is 1.95 bits per heavy atom. The molecule has 0 saturated carbocycles. The molecule has 1 aliphatic rings. The standard InChI is InChI=1S/C19H32N2/c1-4-9-18-12-19(15-21(14-18)16(3)5-2)20-13-17-10-7-6-8-11-17/h6-8,10-11,16,18-20H,4-5,9,12-15H2,1-3H3. The first-order chi connectivity index (χ1) is 10.2. The molecule has 2 heteroatoms. The van der Waals surface area contributed by atoms with E-state index in [1.165, 1.54) is 44.3 Å². The number of benzene rings is 1. The van der Waals surface area contributed by atoms with Gasteiger partial charge in [-0.1, -0.05) is 50.6 Å². The number of likely N-dealkylation sites (tertiary alicyclic amines) is 1. The number of nitrogens with one attached hydrogen (secondary N) is 1. The zero-order valence-electron chi connectivity index (χ0n) is 14.0. The van der Waals surface area contributed by atoms with Crippen LogP contribution in [-0.4, -0.2) is 30.1 Å². The second-order valence-corrected chi connectivity index (χ2v) is 6.66. The van der Waals surface area contributed by atoms with E-state index in [-0.39, 0.29) is 0 Å². The Balaban J connectivity index is 1.90. The summed E-state index contributed by atoms with van der Waals surface area (Å²) in [4.78, 5) is 2.70. The van der Waals surface area contributed by atoms with Crippen LogP contribution >= 0.6 is 0 Å². The zero-order chi connectivity index (χ0) is 15.1. The molecule has 1 heterocycles. The molecule has 2 nitrogen and oxygen atoms in total. The van der Waals surface area contributed by atoms with Gasteiger partial charge in [-0.2, -0.15) is 0 Å². The van der Waals surface area contributed by atoms with Crippen LogP contribution < -0.4 is 5.32 Å². The maximum absolute atomic E-state index is 3.79. The fourth-order valence-corrected chi connectivity index (χ4v) is 3.48. The predicted molar refractivity (Wildman–Crippen MR) is 91.4 cm³/mol. The fraction of sp³-hybridized carbons (Fsp3) is 0.684. The predicted octanol–water partition coefficient (Wildman–Crippen LogP) is 4.07. The molecule has 0 spiro atoms. The van der Waals surface area contributed by atoms with E-state index < -0.39 is 0 Å². The van der Waals surface area contributed by atoms with Gasteiger partial charge in [0.1, 0.15) is 0 Å². The van der Waals surface area contributed by atoms with E-state index in [1.54, 1.807) is 0 Å². The molecular weight excluding hydrogens is 256 g/mol. The van der Waals surface area contributed by atoms with E-state index >= 15 is 0 Å². The molecule has 0 aliphatic carbocycles. The number of hydrogen-bond donors (Lipinski definition) is 1. The van der Waals surface area contributed by atoms with Crippen LogP contribution in [0.1, 0.15) is 52.0 Å². The highest BCUT2D eigenvalue weighted by molar-refractivity contribution is 5.14. The second-order valence-electron chi connectivity index (χ2n) is 6.66. The smallest absolute Gasteiger partial charge is 0.0208 e. The van der Waals surface area contributed by atoms with Gasteiger partial charge >= 0.3 is 0 Å². The lowest BCUT2D eigenvalue weighted by molar-refractivity contribution is 0.0975. The Morgan fingerprint density at radius 1 is 1.19 bits per heavy atom. The van der Waals surface area contributed by atoms with Gasteiger partial charge < -0.3 is 5.32 Å².